The largest absolute Gasteiger partial charge is 0.379 e. The van der Waals surface area contributed by atoms with Crippen LogP contribution in [0.25, 0.3) is 22.2 Å². The molecule has 1 aliphatic carbocycles. The SMILES string of the molecule is Cc1ccc(S(=O)(=O)N2CCOCC2)cc1-c1cccc(C[C@H](NC(=O)C2CCC(CN)CC2)C(=O)Nc2ccc3[nH]c(=O)[nH]c3c2)c1.Cl. The van der Waals surface area contributed by atoms with Gasteiger partial charge in [0.05, 0.1) is 29.1 Å². The zero-order chi connectivity index (χ0) is 33.8. The van der Waals surface area contributed by atoms with Crippen LogP contribution in [0, 0.1) is 18.8 Å². The minimum absolute atomic E-state index is 0. The first kappa shape index (κ1) is 36.3. The van der Waals surface area contributed by atoms with Crippen molar-refractivity contribution in [1.29, 1.82) is 0 Å². The summed E-state index contributed by atoms with van der Waals surface area (Å²) >= 11 is 0. The van der Waals surface area contributed by atoms with Gasteiger partial charge >= 0.3 is 5.69 Å². The van der Waals surface area contributed by atoms with E-state index in [4.69, 9.17) is 10.5 Å². The van der Waals surface area contributed by atoms with Crippen LogP contribution in [0.2, 0.25) is 0 Å². The number of nitrogens with zero attached hydrogens (tertiary/aromatic N) is 1. The lowest BCUT2D eigenvalue weighted by Gasteiger charge is -2.28. The summed E-state index contributed by atoms with van der Waals surface area (Å²) < 4.78 is 33.6. The van der Waals surface area contributed by atoms with Crippen LogP contribution >= 0.6 is 12.4 Å². The average molecular weight is 711 g/mol. The van der Waals surface area contributed by atoms with Crippen LogP contribution in [-0.4, -0.2) is 73.4 Å². The van der Waals surface area contributed by atoms with E-state index in [1.807, 2.05) is 31.2 Å². The minimum atomic E-state index is -3.70. The normalized spacial score (nSPS) is 19.1. The molecule has 1 saturated carbocycles. The van der Waals surface area contributed by atoms with Crippen molar-refractivity contribution in [2.75, 3.05) is 38.2 Å². The smallest absolute Gasteiger partial charge is 0.323 e. The van der Waals surface area contributed by atoms with Crippen LogP contribution in [0.5, 0.6) is 0 Å². The number of sulfonamides is 1. The van der Waals surface area contributed by atoms with E-state index in [-0.39, 0.29) is 41.2 Å². The molecule has 12 nitrogen and oxygen atoms in total. The highest BCUT2D eigenvalue weighted by molar-refractivity contribution is 7.89. The molecule has 0 spiro atoms. The van der Waals surface area contributed by atoms with E-state index in [2.05, 4.69) is 20.6 Å². The van der Waals surface area contributed by atoms with Crippen molar-refractivity contribution in [2.24, 2.45) is 17.6 Å². The Bertz CT molecular complexity index is 1960. The molecule has 49 heavy (non-hydrogen) atoms. The third-order valence-electron chi connectivity index (χ3n) is 9.46. The lowest BCUT2D eigenvalue weighted by atomic mass is 9.81. The summed E-state index contributed by atoms with van der Waals surface area (Å²) in [6.07, 6.45) is 3.40. The number of aryl methyl sites for hydroxylation is 1. The number of carbonyl (C=O) groups is 2. The minimum Gasteiger partial charge on any atom is -0.379 e. The predicted molar refractivity (Wildman–Crippen MR) is 191 cm³/mol. The molecule has 2 heterocycles. The summed E-state index contributed by atoms with van der Waals surface area (Å²) in [5.41, 5.74) is 10.4. The fraction of sp³-hybridized carbons (Fsp3) is 0.400. The number of H-pyrrole nitrogens is 2. The first-order valence-corrected chi connectivity index (χ1v) is 17.9. The van der Waals surface area contributed by atoms with Crippen LogP contribution in [0.4, 0.5) is 5.69 Å². The molecule has 6 rings (SSSR count). The van der Waals surface area contributed by atoms with Crippen LogP contribution in [0.15, 0.2) is 70.4 Å². The number of rotatable bonds is 10. The molecule has 0 radical (unpaired) electrons. The van der Waals surface area contributed by atoms with Gasteiger partial charge in [-0.15, -0.1) is 12.4 Å². The lowest BCUT2D eigenvalue weighted by molar-refractivity contribution is -0.130. The quantitative estimate of drug-likeness (QED) is 0.166. The third kappa shape index (κ3) is 8.42. The number of nitrogens with two attached hydrogens (primary N) is 1. The fourth-order valence-corrected chi connectivity index (χ4v) is 8.04. The van der Waals surface area contributed by atoms with E-state index in [1.165, 1.54) is 4.31 Å². The van der Waals surface area contributed by atoms with Crippen LogP contribution in [0.3, 0.4) is 0 Å². The topological polar surface area (TPSA) is 179 Å². The monoisotopic (exact) mass is 710 g/mol. The molecule has 2 fully saturated rings. The number of hydrogen-bond acceptors (Lipinski definition) is 7. The van der Waals surface area contributed by atoms with E-state index in [9.17, 15) is 22.8 Å². The Morgan fingerprint density at radius 3 is 2.45 bits per heavy atom. The summed E-state index contributed by atoms with van der Waals surface area (Å²) in [7, 11) is -3.70. The molecule has 4 aromatic rings. The number of anilines is 1. The maximum absolute atomic E-state index is 13.8. The number of ether oxygens (including phenoxy) is 1. The number of fused-ring (bicyclic) bond motifs is 1. The van der Waals surface area contributed by atoms with Crippen molar-refractivity contribution in [1.82, 2.24) is 19.6 Å². The van der Waals surface area contributed by atoms with Gasteiger partial charge in [-0.2, -0.15) is 4.31 Å². The van der Waals surface area contributed by atoms with Gasteiger partial charge in [0.1, 0.15) is 6.04 Å². The van der Waals surface area contributed by atoms with Crippen molar-refractivity contribution in [3.8, 4) is 11.1 Å². The number of carbonyl (C=O) groups excluding carboxylic acids is 2. The third-order valence-corrected chi connectivity index (χ3v) is 11.4. The number of aromatic nitrogens is 2. The summed E-state index contributed by atoms with van der Waals surface area (Å²) in [6.45, 7) is 3.87. The maximum Gasteiger partial charge on any atom is 0.323 e. The van der Waals surface area contributed by atoms with Crippen LogP contribution in [0.1, 0.15) is 36.8 Å². The van der Waals surface area contributed by atoms with Gasteiger partial charge in [-0.05, 0) is 97.7 Å². The second-order valence-corrected chi connectivity index (χ2v) is 14.7. The van der Waals surface area contributed by atoms with Crippen molar-refractivity contribution in [2.45, 2.75) is 50.0 Å². The predicted octanol–water partition coefficient (Wildman–Crippen LogP) is 3.71. The van der Waals surface area contributed by atoms with Gasteiger partial charge in [0.2, 0.25) is 21.8 Å². The van der Waals surface area contributed by atoms with Crippen molar-refractivity contribution >= 4 is 51.0 Å². The molecule has 6 N–H and O–H groups in total. The Hall–Kier alpha value is -4.01. The standard InChI is InChI=1S/C35H42N6O6S.ClH/c1-22-5-11-28(48(45,46)41-13-15-47-16-14-41)20-29(22)26-4-2-3-24(17-26)18-32(38-33(42)25-8-6-23(21-36)7-9-25)34(43)37-27-10-12-30-31(19-27)40-35(44)39-30;/h2-5,10-12,17,19-20,23,25,32H,6-9,13-16,18,21,36H2,1H3,(H,37,43)(H,38,42)(H2,39,40,44);1H/t23?,25?,32-;/m0./s1. The molecule has 262 valence electrons. The summed E-state index contributed by atoms with van der Waals surface area (Å²) in [4.78, 5) is 44.6. The van der Waals surface area contributed by atoms with Crippen molar-refractivity contribution < 1.29 is 22.7 Å². The first-order chi connectivity index (χ1) is 23.1. The molecule has 1 atom stereocenters. The van der Waals surface area contributed by atoms with E-state index in [0.29, 0.717) is 55.5 Å². The van der Waals surface area contributed by atoms with E-state index >= 15 is 0 Å². The van der Waals surface area contributed by atoms with Crippen LogP contribution < -0.4 is 22.1 Å². The second kappa shape index (κ2) is 15.7. The summed E-state index contributed by atoms with van der Waals surface area (Å²) in [6, 6.07) is 16.9. The Labute approximate surface area is 291 Å². The van der Waals surface area contributed by atoms with Gasteiger partial charge in [0.15, 0.2) is 0 Å². The highest BCUT2D eigenvalue weighted by Gasteiger charge is 2.30. The molecular formula is C35H43ClN6O6S. The second-order valence-electron chi connectivity index (χ2n) is 12.7. The Morgan fingerprint density at radius 1 is 0.980 bits per heavy atom. The van der Waals surface area contributed by atoms with Crippen molar-refractivity contribution in [3.05, 3.63) is 82.3 Å². The van der Waals surface area contributed by atoms with E-state index in [1.54, 1.807) is 36.4 Å². The Morgan fingerprint density at radius 2 is 1.71 bits per heavy atom. The van der Waals surface area contributed by atoms with Gasteiger partial charge in [-0.1, -0.05) is 30.3 Å². The number of halogens is 1. The van der Waals surface area contributed by atoms with Crippen LogP contribution in [-0.2, 0) is 30.8 Å². The molecule has 3 aromatic carbocycles. The Kier molecular flexibility index (Phi) is 11.6. The highest BCUT2D eigenvalue weighted by Crippen LogP contribution is 2.30. The van der Waals surface area contributed by atoms with Gasteiger partial charge < -0.3 is 31.1 Å². The number of imidazole rings is 1. The van der Waals surface area contributed by atoms with Gasteiger partial charge in [0.25, 0.3) is 0 Å². The lowest BCUT2D eigenvalue weighted by Crippen LogP contribution is -2.48. The molecular weight excluding hydrogens is 668 g/mol. The van der Waals surface area contributed by atoms with Gasteiger partial charge in [0, 0.05) is 31.1 Å². The zero-order valence-electron chi connectivity index (χ0n) is 27.4. The number of hydrogen-bond donors (Lipinski definition) is 5. The number of nitrogens with one attached hydrogen (secondary N) is 4. The van der Waals surface area contributed by atoms with Gasteiger partial charge in [-0.3, -0.25) is 9.59 Å². The highest BCUT2D eigenvalue weighted by atomic mass is 35.5. The maximum atomic E-state index is 13.8. The molecule has 2 amide bonds. The summed E-state index contributed by atoms with van der Waals surface area (Å²) in [5.74, 6) is -0.341. The van der Waals surface area contributed by atoms with E-state index < -0.39 is 22.0 Å². The first-order valence-electron chi connectivity index (χ1n) is 16.4. The number of benzene rings is 3. The molecule has 14 heteroatoms. The average Bonchev–Trinajstić information content (AvgIpc) is 3.47. The molecule has 0 unspecified atom stereocenters. The molecule has 2 aliphatic rings. The molecule has 1 aromatic heterocycles. The van der Waals surface area contributed by atoms with Crippen molar-refractivity contribution in [3.63, 3.8) is 0 Å². The number of aromatic amines is 2. The summed E-state index contributed by atoms with van der Waals surface area (Å²) in [5, 5.41) is 5.94. The zero-order valence-corrected chi connectivity index (χ0v) is 29.0. The molecule has 1 aliphatic heterocycles. The Balaban J connectivity index is 0.00000468. The van der Waals surface area contributed by atoms with Gasteiger partial charge in [-0.25, -0.2) is 13.2 Å². The number of morpholine rings is 1. The molecule has 0 bridgehead atoms. The molecule has 1 saturated heterocycles. The fourth-order valence-electron chi connectivity index (χ4n) is 6.61. The number of amides is 2. The van der Waals surface area contributed by atoms with E-state index in [0.717, 1.165) is 47.9 Å².